The van der Waals surface area contributed by atoms with E-state index in [2.05, 4.69) is 10.6 Å². The van der Waals surface area contributed by atoms with E-state index in [-0.39, 0.29) is 30.7 Å². The van der Waals surface area contributed by atoms with Gasteiger partial charge >= 0.3 is 0 Å². The van der Waals surface area contributed by atoms with Crippen molar-refractivity contribution in [2.75, 3.05) is 19.7 Å². The van der Waals surface area contributed by atoms with Crippen LogP contribution in [-0.4, -0.2) is 36.6 Å². The number of nitrogens with one attached hydrogen (secondary N) is 2. The predicted octanol–water partition coefficient (Wildman–Crippen LogP) is -0.246. The molecule has 3 N–H and O–H groups in total. The van der Waals surface area contributed by atoms with Crippen LogP contribution in [0.2, 0.25) is 0 Å². The number of carbonyl (C=O) groups excluding carboxylic acids is 2. The summed E-state index contributed by atoms with van der Waals surface area (Å²) in [5, 5.41) is 13.8. The van der Waals surface area contributed by atoms with Crippen LogP contribution in [0.15, 0.2) is 22.8 Å². The molecule has 6 heteroatoms. The summed E-state index contributed by atoms with van der Waals surface area (Å²) in [7, 11) is 0. The van der Waals surface area contributed by atoms with E-state index in [1.165, 1.54) is 12.3 Å². The Morgan fingerprint density at radius 2 is 2.24 bits per heavy atom. The van der Waals surface area contributed by atoms with Crippen molar-refractivity contribution in [2.24, 2.45) is 5.92 Å². The Morgan fingerprint density at radius 3 is 2.82 bits per heavy atom. The average Bonchev–Trinajstić information content (AvgIpc) is 2.86. The van der Waals surface area contributed by atoms with Gasteiger partial charge in [0.2, 0.25) is 5.91 Å². The van der Waals surface area contributed by atoms with Crippen LogP contribution < -0.4 is 10.6 Å². The maximum Gasteiger partial charge on any atom is 0.287 e. The molecule has 1 atom stereocenters. The van der Waals surface area contributed by atoms with Crippen LogP contribution in [0.1, 0.15) is 17.5 Å². The second kappa shape index (κ2) is 6.70. The fraction of sp³-hybridized carbons (Fsp3) is 0.455. The molecule has 1 unspecified atom stereocenters. The van der Waals surface area contributed by atoms with Gasteiger partial charge in [-0.2, -0.15) is 0 Å². The molecule has 0 spiro atoms. The summed E-state index contributed by atoms with van der Waals surface area (Å²) in [6, 6.07) is 3.11. The van der Waals surface area contributed by atoms with E-state index < -0.39 is 5.91 Å². The molecule has 0 saturated heterocycles. The molecule has 0 aliphatic rings. The zero-order valence-electron chi connectivity index (χ0n) is 9.60. The molecule has 0 saturated carbocycles. The van der Waals surface area contributed by atoms with E-state index in [0.29, 0.717) is 6.54 Å². The summed E-state index contributed by atoms with van der Waals surface area (Å²) in [5.41, 5.74) is 0. The highest BCUT2D eigenvalue weighted by molar-refractivity contribution is 5.94. The van der Waals surface area contributed by atoms with Gasteiger partial charge in [0.25, 0.3) is 5.91 Å². The lowest BCUT2D eigenvalue weighted by atomic mass is 10.2. The highest BCUT2D eigenvalue weighted by Crippen LogP contribution is 1.98. The average molecular weight is 240 g/mol. The quantitative estimate of drug-likeness (QED) is 0.639. The van der Waals surface area contributed by atoms with Crippen molar-refractivity contribution in [1.29, 1.82) is 0 Å². The Kier molecular flexibility index (Phi) is 5.22. The summed E-state index contributed by atoms with van der Waals surface area (Å²) in [6.45, 7) is 2.09. The van der Waals surface area contributed by atoms with E-state index in [1.807, 2.05) is 6.92 Å². The number of hydrogen-bond donors (Lipinski definition) is 3. The van der Waals surface area contributed by atoms with Crippen LogP contribution in [-0.2, 0) is 4.79 Å². The second-order valence-corrected chi connectivity index (χ2v) is 3.75. The number of furan rings is 1. The van der Waals surface area contributed by atoms with E-state index in [0.717, 1.165) is 0 Å². The van der Waals surface area contributed by atoms with Gasteiger partial charge in [0.1, 0.15) is 0 Å². The Labute approximate surface area is 99.0 Å². The molecule has 1 aromatic rings. The molecule has 94 valence electrons. The lowest BCUT2D eigenvalue weighted by molar-refractivity contribution is -0.120. The van der Waals surface area contributed by atoms with Crippen molar-refractivity contribution in [3.63, 3.8) is 0 Å². The maximum absolute atomic E-state index is 11.4. The molecule has 1 aromatic heterocycles. The van der Waals surface area contributed by atoms with Crippen LogP contribution in [0.25, 0.3) is 0 Å². The first kappa shape index (κ1) is 13.2. The molecule has 0 aliphatic carbocycles. The third-order valence-electron chi connectivity index (χ3n) is 2.11. The number of hydrogen-bond acceptors (Lipinski definition) is 4. The lowest BCUT2D eigenvalue weighted by Gasteiger charge is -2.09. The van der Waals surface area contributed by atoms with Gasteiger partial charge in [0, 0.05) is 13.2 Å². The Bertz CT molecular complexity index is 362. The van der Waals surface area contributed by atoms with Gasteiger partial charge in [0.15, 0.2) is 5.76 Å². The molecular formula is C11H16N2O4. The minimum atomic E-state index is -0.430. The largest absolute Gasteiger partial charge is 0.459 e. The van der Waals surface area contributed by atoms with E-state index in [4.69, 9.17) is 9.52 Å². The SMILES string of the molecule is CC(CO)CNC(=O)CNC(=O)c1ccco1. The first-order valence-corrected chi connectivity index (χ1v) is 5.32. The molecule has 0 bridgehead atoms. The predicted molar refractivity (Wildman–Crippen MR) is 60.3 cm³/mol. The van der Waals surface area contributed by atoms with Gasteiger partial charge in [-0.1, -0.05) is 6.92 Å². The first-order valence-electron chi connectivity index (χ1n) is 5.32. The van der Waals surface area contributed by atoms with E-state index >= 15 is 0 Å². The summed E-state index contributed by atoms with van der Waals surface area (Å²) < 4.78 is 4.87. The second-order valence-electron chi connectivity index (χ2n) is 3.75. The van der Waals surface area contributed by atoms with E-state index in [1.54, 1.807) is 6.07 Å². The Balaban J connectivity index is 2.22. The molecule has 1 rings (SSSR count). The van der Waals surface area contributed by atoms with Crippen LogP contribution in [0.3, 0.4) is 0 Å². The summed E-state index contributed by atoms with van der Waals surface area (Å²) in [5.74, 6) is -0.563. The standard InChI is InChI=1S/C11H16N2O4/c1-8(7-14)5-12-10(15)6-13-11(16)9-3-2-4-17-9/h2-4,8,14H,5-7H2,1H3,(H,12,15)(H,13,16). The van der Waals surface area contributed by atoms with Crippen LogP contribution >= 0.6 is 0 Å². The van der Waals surface area contributed by atoms with Crippen molar-refractivity contribution in [1.82, 2.24) is 10.6 Å². The summed E-state index contributed by atoms with van der Waals surface area (Å²) in [4.78, 5) is 22.7. The third kappa shape index (κ3) is 4.69. The molecule has 6 nitrogen and oxygen atoms in total. The third-order valence-corrected chi connectivity index (χ3v) is 2.11. The summed E-state index contributed by atoms with van der Waals surface area (Å²) >= 11 is 0. The first-order chi connectivity index (χ1) is 8.13. The summed E-state index contributed by atoms with van der Waals surface area (Å²) in [6.07, 6.45) is 1.39. The monoisotopic (exact) mass is 240 g/mol. The smallest absolute Gasteiger partial charge is 0.287 e. The molecule has 1 heterocycles. The van der Waals surface area contributed by atoms with Crippen molar-refractivity contribution < 1.29 is 19.1 Å². The zero-order chi connectivity index (χ0) is 12.7. The number of aliphatic hydroxyl groups is 1. The van der Waals surface area contributed by atoms with Crippen LogP contribution in [0.5, 0.6) is 0 Å². The van der Waals surface area contributed by atoms with Crippen molar-refractivity contribution in [3.05, 3.63) is 24.2 Å². The minimum Gasteiger partial charge on any atom is -0.459 e. The lowest BCUT2D eigenvalue weighted by Crippen LogP contribution is -2.38. The topological polar surface area (TPSA) is 91.6 Å². The van der Waals surface area contributed by atoms with Crippen molar-refractivity contribution in [3.8, 4) is 0 Å². The van der Waals surface area contributed by atoms with Gasteiger partial charge in [-0.25, -0.2) is 0 Å². The normalized spacial score (nSPS) is 11.9. The van der Waals surface area contributed by atoms with Crippen molar-refractivity contribution in [2.45, 2.75) is 6.92 Å². The van der Waals surface area contributed by atoms with E-state index in [9.17, 15) is 9.59 Å². The molecular weight excluding hydrogens is 224 g/mol. The maximum atomic E-state index is 11.4. The number of rotatable bonds is 6. The zero-order valence-corrected chi connectivity index (χ0v) is 9.60. The molecule has 2 amide bonds. The van der Waals surface area contributed by atoms with Gasteiger partial charge in [-0.15, -0.1) is 0 Å². The Hall–Kier alpha value is -1.82. The molecule has 0 radical (unpaired) electrons. The van der Waals surface area contributed by atoms with Gasteiger partial charge in [-0.3, -0.25) is 9.59 Å². The molecule has 17 heavy (non-hydrogen) atoms. The van der Waals surface area contributed by atoms with Crippen LogP contribution in [0, 0.1) is 5.92 Å². The highest BCUT2D eigenvalue weighted by Gasteiger charge is 2.10. The number of amides is 2. The minimum absolute atomic E-state index is 0.000254. The fourth-order valence-corrected chi connectivity index (χ4v) is 1.07. The molecule has 0 fully saturated rings. The van der Waals surface area contributed by atoms with Crippen molar-refractivity contribution >= 4 is 11.8 Å². The van der Waals surface area contributed by atoms with Gasteiger partial charge in [-0.05, 0) is 18.1 Å². The van der Waals surface area contributed by atoms with Gasteiger partial charge < -0.3 is 20.2 Å². The van der Waals surface area contributed by atoms with Gasteiger partial charge in [0.05, 0.1) is 12.8 Å². The molecule has 0 aromatic carbocycles. The van der Waals surface area contributed by atoms with Crippen LogP contribution in [0.4, 0.5) is 0 Å². The molecule has 0 aliphatic heterocycles. The number of aliphatic hydroxyl groups excluding tert-OH is 1. The number of carbonyl (C=O) groups is 2. The Morgan fingerprint density at radius 1 is 1.47 bits per heavy atom. The fourth-order valence-electron chi connectivity index (χ4n) is 1.07. The highest BCUT2D eigenvalue weighted by atomic mass is 16.3.